The van der Waals surface area contributed by atoms with Crippen LogP contribution in [-0.2, 0) is 68.8 Å². The van der Waals surface area contributed by atoms with E-state index in [4.69, 9.17) is 10.5 Å². The van der Waals surface area contributed by atoms with Crippen LogP contribution >= 0.6 is 22.7 Å². The number of fused-ring (bicyclic) bond motifs is 11. The second kappa shape index (κ2) is 29.0. The van der Waals surface area contributed by atoms with Gasteiger partial charge in [0.05, 0.1) is 6.54 Å². The Hall–Kier alpha value is -9.63. The Morgan fingerprint density at radius 3 is 1.68 bits per heavy atom. The van der Waals surface area contributed by atoms with E-state index in [2.05, 4.69) is 63.1 Å². The first-order chi connectivity index (χ1) is 41.6. The molecule has 0 radical (unpaired) electrons. The van der Waals surface area contributed by atoms with Gasteiger partial charge in [-0.2, -0.15) is 0 Å². The topological polar surface area (TPSA) is 375 Å². The number of nitrogens with one attached hydrogen (secondary N) is 10. The molecule has 1 aliphatic carbocycles. The molecule has 27 heteroatoms. The summed E-state index contributed by atoms with van der Waals surface area (Å²) in [5.41, 5.74) is 11.9. The summed E-state index contributed by atoms with van der Waals surface area (Å²) in [4.78, 5) is 131. The lowest BCUT2D eigenvalue weighted by Crippen LogP contribution is -2.58. The maximum Gasteiger partial charge on any atom is 0.407 e. The highest BCUT2D eigenvalue weighted by Gasteiger charge is 2.32. The molecule has 87 heavy (non-hydrogen) atoms. The van der Waals surface area contributed by atoms with Crippen LogP contribution in [0.4, 0.5) is 15.1 Å². The van der Waals surface area contributed by atoms with Gasteiger partial charge in [-0.05, 0) is 91.3 Å². The van der Waals surface area contributed by atoms with Crippen molar-refractivity contribution < 1.29 is 58.1 Å². The maximum absolute atomic E-state index is 14.2. The summed E-state index contributed by atoms with van der Waals surface area (Å²) in [6.07, 6.45) is 2.84. The summed E-state index contributed by atoms with van der Waals surface area (Å²) in [5, 5.41) is 49.7. The van der Waals surface area contributed by atoms with Crippen LogP contribution < -0.4 is 58.9 Å². The first kappa shape index (κ1) is 63.4. The Balaban J connectivity index is 0.910. The molecule has 0 saturated carbocycles. The highest BCUT2D eigenvalue weighted by molar-refractivity contribution is 7.15. The molecule has 0 saturated heterocycles. The number of carbonyl (C=O) groups excluding carboxylic acids is 9. The minimum Gasteiger partial charge on any atom is -0.508 e. The monoisotopic (exact) mass is 1230 g/mol. The van der Waals surface area contributed by atoms with E-state index in [9.17, 15) is 53.4 Å². The third kappa shape index (κ3) is 17.1. The number of hydrogen-bond donors (Lipinski definition) is 13. The number of alkyl carbamates (subject to hydrolysis) is 1. The van der Waals surface area contributed by atoms with Gasteiger partial charge in [0.15, 0.2) is 10.3 Å². The molecule has 14 N–H and O–H groups in total. The first-order valence-electron chi connectivity index (χ1n) is 28.1. The molecule has 6 aromatic rings. The minimum atomic E-state index is -1.41. The lowest BCUT2D eigenvalue weighted by Gasteiger charge is -2.25. The molecule has 8 bridgehead atoms. The number of hydrogen-bond acceptors (Lipinski definition) is 18. The van der Waals surface area contributed by atoms with Crippen molar-refractivity contribution in [3.8, 4) is 22.6 Å². The van der Waals surface area contributed by atoms with Crippen LogP contribution in [0.3, 0.4) is 0 Å². The third-order valence-corrected chi connectivity index (χ3v) is 16.4. The number of primary amides is 1. The van der Waals surface area contributed by atoms with Crippen LogP contribution in [0.5, 0.6) is 11.5 Å². The van der Waals surface area contributed by atoms with Gasteiger partial charge in [0, 0.05) is 66.8 Å². The largest absolute Gasteiger partial charge is 0.508 e. The normalized spacial score (nSPS) is 19.0. The summed E-state index contributed by atoms with van der Waals surface area (Å²) in [5.74, 6) is -6.64. The number of rotatable bonds is 10. The van der Waals surface area contributed by atoms with Crippen molar-refractivity contribution >= 4 is 86.3 Å². The molecule has 3 heterocycles. The van der Waals surface area contributed by atoms with Crippen molar-refractivity contribution in [3.05, 3.63) is 140 Å². The zero-order valence-electron chi connectivity index (χ0n) is 48.3. The molecule has 8 rings (SSSR count). The number of carbonyl (C=O) groups is 9. The van der Waals surface area contributed by atoms with Crippen molar-refractivity contribution in [3.63, 3.8) is 0 Å². The molecule has 458 valence electrons. The lowest BCUT2D eigenvalue weighted by atomic mass is 9.98. The van der Waals surface area contributed by atoms with Crippen molar-refractivity contribution in [1.29, 1.82) is 0 Å². The Morgan fingerprint density at radius 1 is 0.632 bits per heavy atom. The Kier molecular flexibility index (Phi) is 21.1. The van der Waals surface area contributed by atoms with E-state index in [0.29, 0.717) is 52.0 Å². The summed E-state index contributed by atoms with van der Waals surface area (Å²) in [6.45, 7) is 7.18. The number of ether oxygens (including phenoxy) is 1. The van der Waals surface area contributed by atoms with Crippen LogP contribution in [0.2, 0.25) is 0 Å². The molecule has 2 aliphatic rings. The molecule has 2 aromatic heterocycles. The van der Waals surface area contributed by atoms with E-state index < -0.39 is 102 Å². The van der Waals surface area contributed by atoms with Crippen LogP contribution in [-0.4, -0.2) is 142 Å². The van der Waals surface area contributed by atoms with E-state index in [1.807, 2.05) is 48.5 Å². The van der Waals surface area contributed by atoms with Gasteiger partial charge in [0.25, 0.3) is 0 Å². The average Bonchev–Trinajstić information content (AvgIpc) is 1.70. The Morgan fingerprint density at radius 2 is 1.13 bits per heavy atom. The zero-order chi connectivity index (χ0) is 62.5. The third-order valence-electron chi connectivity index (χ3n) is 14.5. The second-order valence-corrected chi connectivity index (χ2v) is 23.4. The summed E-state index contributed by atoms with van der Waals surface area (Å²) in [6, 6.07) is 16.3. The van der Waals surface area contributed by atoms with E-state index in [-0.39, 0.29) is 43.3 Å². The van der Waals surface area contributed by atoms with Crippen LogP contribution in [0.15, 0.2) is 97.3 Å². The smallest absolute Gasteiger partial charge is 0.407 e. The van der Waals surface area contributed by atoms with E-state index in [1.165, 1.54) is 69.4 Å². The predicted molar refractivity (Wildman–Crippen MR) is 325 cm³/mol. The predicted octanol–water partition coefficient (Wildman–Crippen LogP) is 2.33. The molecule has 4 aromatic carbocycles. The standard InChI is InChI=1S/C60H69N13O12S2/c1-30-52(78)64-28-50(76)72-46(51(61)77)22-35-14-16-48(74)37(20-35)24-39-26-65-58(86-39)62-18-19-63-59-66-27-40(87-59)25-38-21-36(15-17-49(38)75)23-47(57(83)70-32(3)54(80)67-30)73-56(82)33(4)69-53(79)31(2)68-55(81)34(5)71-60(84)85-29-45-43-12-8-6-10-41(43)42-11-7-9-13-44(42)45/h6-17,20-21,26-27,30-34,45-47,74-75H,18-19,22-25,28-29H2,1-5H3,(H2,61,77)(H,62,65)(H,63,66)(H,64,78)(H,67,80)(H,68,81)(H,69,79)(H,70,83)(H,71,84)(H,72,76)(H,73,82)/t30-,31-,32?,33?,34?,46-,47-/m0/s1. The summed E-state index contributed by atoms with van der Waals surface area (Å²) in [7, 11) is 0. The van der Waals surface area contributed by atoms with Gasteiger partial charge in [-0.15, -0.1) is 22.7 Å². The number of phenols is 2. The van der Waals surface area contributed by atoms with Gasteiger partial charge in [-0.1, -0.05) is 72.8 Å². The summed E-state index contributed by atoms with van der Waals surface area (Å²) >= 11 is 2.75. The average molecular weight is 1230 g/mol. The van der Waals surface area contributed by atoms with Crippen LogP contribution in [0, 0.1) is 0 Å². The van der Waals surface area contributed by atoms with Gasteiger partial charge in [0.1, 0.15) is 60.4 Å². The van der Waals surface area contributed by atoms with Gasteiger partial charge >= 0.3 is 6.09 Å². The van der Waals surface area contributed by atoms with Crippen molar-refractivity contribution in [2.24, 2.45) is 5.73 Å². The molecule has 7 atom stereocenters. The fourth-order valence-corrected chi connectivity index (χ4v) is 11.4. The fraction of sp³-hybridized carbons (Fsp3) is 0.350. The highest BCUT2D eigenvalue weighted by Crippen LogP contribution is 2.44. The number of phenolic OH excluding ortho intramolecular Hbond substituents is 2. The van der Waals surface area contributed by atoms with E-state index in [1.54, 1.807) is 36.7 Å². The number of aromatic hydroxyl groups is 2. The number of nitrogens with zero attached hydrogens (tertiary/aromatic N) is 2. The van der Waals surface area contributed by atoms with E-state index >= 15 is 0 Å². The number of aromatic nitrogens is 2. The highest BCUT2D eigenvalue weighted by atomic mass is 32.1. The molecule has 1 aliphatic heterocycles. The van der Waals surface area contributed by atoms with Crippen molar-refractivity contribution in [2.75, 3.05) is 36.9 Å². The SMILES string of the molecule is CC(NC(=O)OCC1c2ccccc2-c2ccccc21)C(=O)N[C@@H](C)C(=O)NC(C)C(=O)N[C@H]1Cc2ccc(O)c(c2)Cc2cnc(s2)NCCNc2ncc(s2)Cc2cc(ccc2O)C[C@@H](C(N)=O)NC(=O)CNC(=O)[C@H](C)NC(=O)C(C)NC1=O. The fourth-order valence-electron chi connectivity index (χ4n) is 9.71. The number of nitrogens with two attached hydrogens (primary N) is 1. The van der Waals surface area contributed by atoms with Crippen molar-refractivity contribution in [2.45, 2.75) is 109 Å². The van der Waals surface area contributed by atoms with E-state index in [0.717, 1.165) is 32.0 Å². The molecule has 25 nitrogen and oxygen atoms in total. The van der Waals surface area contributed by atoms with Crippen LogP contribution in [0.25, 0.3) is 11.1 Å². The first-order valence-corrected chi connectivity index (χ1v) is 29.7. The van der Waals surface area contributed by atoms with Gasteiger partial charge in [-0.25, -0.2) is 14.8 Å². The van der Waals surface area contributed by atoms with Gasteiger partial charge in [0.2, 0.25) is 47.3 Å². The molecule has 3 unspecified atom stereocenters. The number of thiazole rings is 2. The molecule has 9 amide bonds. The molecular weight excluding hydrogens is 1160 g/mol. The molecule has 0 fully saturated rings. The number of benzene rings is 4. The maximum atomic E-state index is 14.2. The second-order valence-electron chi connectivity index (χ2n) is 21.2. The van der Waals surface area contributed by atoms with Gasteiger partial charge in [-0.3, -0.25) is 38.4 Å². The molecule has 0 spiro atoms. The summed E-state index contributed by atoms with van der Waals surface area (Å²) < 4.78 is 5.58. The lowest BCUT2D eigenvalue weighted by molar-refractivity contribution is -0.134. The van der Waals surface area contributed by atoms with Crippen LogP contribution in [0.1, 0.15) is 83.7 Å². The Bertz CT molecular complexity index is 3510. The quantitative estimate of drug-likeness (QED) is 0.0936. The Labute approximate surface area is 508 Å². The zero-order valence-corrected chi connectivity index (χ0v) is 49.9. The number of anilines is 2. The minimum absolute atomic E-state index is 0.0147. The number of amides is 9. The molecular formula is C60H69N13O12S2. The van der Waals surface area contributed by atoms with Crippen molar-refractivity contribution in [1.82, 2.24) is 52.5 Å². The van der Waals surface area contributed by atoms with Gasteiger partial charge < -0.3 is 73.9 Å².